The average Bonchev–Trinajstić information content (AvgIpc) is 3.54. The number of sulfonamides is 1. The topological polar surface area (TPSA) is 142 Å². The molecule has 186 valence electrons. The normalized spacial score (nSPS) is 19.1. The summed E-state index contributed by atoms with van der Waals surface area (Å²) in [5.41, 5.74) is 3.26. The quantitative estimate of drug-likeness (QED) is 0.426. The molecule has 2 N–H and O–H groups in total. The minimum Gasteiger partial charge on any atom is -0.420 e. The van der Waals surface area contributed by atoms with Crippen LogP contribution in [0.1, 0.15) is 36.3 Å². The minimum atomic E-state index is -3.32. The second-order valence-corrected chi connectivity index (χ2v) is 10.6. The summed E-state index contributed by atoms with van der Waals surface area (Å²) in [6, 6.07) is 8.26. The molecule has 12 heteroatoms. The number of amides is 1. The summed E-state index contributed by atoms with van der Waals surface area (Å²) in [5, 5.41) is 11.3. The second-order valence-electron chi connectivity index (χ2n) is 8.83. The summed E-state index contributed by atoms with van der Waals surface area (Å²) < 4.78 is 31.0. The lowest BCUT2D eigenvalue weighted by Crippen LogP contribution is -2.38. The Morgan fingerprint density at radius 2 is 1.97 bits per heavy atom. The van der Waals surface area contributed by atoms with Gasteiger partial charge in [-0.25, -0.2) is 23.1 Å². The molecule has 0 spiro atoms. The highest BCUT2D eigenvalue weighted by Crippen LogP contribution is 2.22. The van der Waals surface area contributed by atoms with Gasteiger partial charge in [0.2, 0.25) is 33.7 Å². The number of aliphatic imine (C=N–C) groups is 2. The summed E-state index contributed by atoms with van der Waals surface area (Å²) in [7, 11) is -3.32. The molecule has 1 fully saturated rings. The number of fused-ring (bicyclic) bond motifs is 1. The summed E-state index contributed by atoms with van der Waals surface area (Å²) in [6.07, 6.45) is 4.98. The van der Waals surface area contributed by atoms with Crippen LogP contribution in [-0.2, 0) is 34.1 Å². The molecule has 1 atom stereocenters. The number of rotatable bonds is 7. The lowest BCUT2D eigenvalue weighted by molar-refractivity contribution is -0.129. The Morgan fingerprint density at radius 3 is 2.63 bits per heavy atom. The van der Waals surface area contributed by atoms with Crippen molar-refractivity contribution < 1.29 is 17.6 Å². The number of aromatic nitrogens is 2. The zero-order chi connectivity index (χ0) is 25.0. The zero-order valence-corrected chi connectivity index (χ0v) is 20.6. The molecule has 1 amide bonds. The molecule has 0 radical (unpaired) electrons. The van der Waals surface area contributed by atoms with Crippen LogP contribution >= 0.6 is 0 Å². The van der Waals surface area contributed by atoms with Gasteiger partial charge >= 0.3 is 0 Å². The van der Waals surface area contributed by atoms with E-state index >= 15 is 0 Å². The van der Waals surface area contributed by atoms with Crippen molar-refractivity contribution in [3.63, 3.8) is 0 Å². The first kappa shape index (κ1) is 24.7. The van der Waals surface area contributed by atoms with E-state index in [4.69, 9.17) is 4.42 Å². The van der Waals surface area contributed by atoms with Gasteiger partial charge in [-0.2, -0.15) is 0 Å². The summed E-state index contributed by atoms with van der Waals surface area (Å²) in [5.74, 6) is 0.650. The van der Waals surface area contributed by atoms with Crippen molar-refractivity contribution in [1.29, 1.82) is 0 Å². The largest absolute Gasteiger partial charge is 0.420 e. The van der Waals surface area contributed by atoms with Crippen molar-refractivity contribution >= 4 is 34.2 Å². The Bertz CT molecular complexity index is 1240. The standard InChI is InChI=1S/C23H29N7O4S/c1-15(13-25-23(24-2)26-19-10-16-6-4-5-7-17(16)11-19)22-28-27-20(34-22)12-21(31)30-9-8-18(14-30)29-35(3,32)33/h4-7,13,18-19,29H,2,8-12,14H2,1,3H3,(H,25,26)/b15-13+. The number of likely N-dealkylation sites (tertiary alicyclic amines) is 1. The van der Waals surface area contributed by atoms with Gasteiger partial charge in [0.15, 0.2) is 0 Å². The van der Waals surface area contributed by atoms with Gasteiger partial charge in [0.05, 0.1) is 6.26 Å². The van der Waals surface area contributed by atoms with Crippen LogP contribution in [0.25, 0.3) is 5.57 Å². The molecule has 1 saturated heterocycles. The van der Waals surface area contributed by atoms with Gasteiger partial charge in [-0.15, -0.1) is 10.2 Å². The molecule has 0 bridgehead atoms. The van der Waals surface area contributed by atoms with Crippen molar-refractivity contribution in [2.75, 3.05) is 19.3 Å². The van der Waals surface area contributed by atoms with E-state index in [1.807, 2.05) is 12.1 Å². The molecule has 2 aliphatic rings. The molecule has 1 aliphatic carbocycles. The van der Waals surface area contributed by atoms with Crippen LogP contribution in [-0.4, -0.2) is 73.5 Å². The van der Waals surface area contributed by atoms with Gasteiger partial charge in [0.25, 0.3) is 0 Å². The Morgan fingerprint density at radius 1 is 1.26 bits per heavy atom. The first-order chi connectivity index (χ1) is 16.7. The highest BCUT2D eigenvalue weighted by molar-refractivity contribution is 7.88. The fourth-order valence-electron chi connectivity index (χ4n) is 4.29. The maximum atomic E-state index is 12.6. The molecule has 2 heterocycles. The van der Waals surface area contributed by atoms with Gasteiger partial charge in [-0.05, 0) is 44.0 Å². The van der Waals surface area contributed by atoms with Crippen LogP contribution in [0.15, 0.2) is 44.9 Å². The van der Waals surface area contributed by atoms with E-state index in [0.717, 1.165) is 19.1 Å². The van der Waals surface area contributed by atoms with Gasteiger partial charge in [-0.1, -0.05) is 24.3 Å². The number of carbonyl (C=O) groups excluding carboxylic acids is 1. The minimum absolute atomic E-state index is 0.0571. The van der Waals surface area contributed by atoms with Crippen LogP contribution in [0, 0.1) is 0 Å². The molecule has 2 aromatic rings. The number of nitrogens with one attached hydrogen (secondary N) is 2. The fraction of sp³-hybridized carbons (Fsp3) is 0.435. The fourth-order valence-corrected chi connectivity index (χ4v) is 5.09. The van der Waals surface area contributed by atoms with Gasteiger partial charge in [0.1, 0.15) is 6.42 Å². The average molecular weight is 500 g/mol. The maximum absolute atomic E-state index is 12.6. The summed E-state index contributed by atoms with van der Waals surface area (Å²) in [4.78, 5) is 22.5. The van der Waals surface area contributed by atoms with E-state index in [-0.39, 0.29) is 36.2 Å². The first-order valence-electron chi connectivity index (χ1n) is 11.3. The number of guanidine groups is 1. The molecule has 1 aromatic heterocycles. The number of benzene rings is 1. The first-order valence-corrected chi connectivity index (χ1v) is 13.2. The molecule has 4 rings (SSSR count). The molecule has 0 saturated carbocycles. The number of hydrogen-bond acceptors (Lipinski definition) is 7. The van der Waals surface area contributed by atoms with Crippen LogP contribution in [0.3, 0.4) is 0 Å². The third-order valence-electron chi connectivity index (χ3n) is 5.94. The molecule has 35 heavy (non-hydrogen) atoms. The smallest absolute Gasteiger partial charge is 0.245 e. The van der Waals surface area contributed by atoms with Crippen molar-refractivity contribution in [1.82, 2.24) is 25.1 Å². The SMILES string of the molecule is C=N/C(=N\C=C(/C)c1nnc(CC(=O)N2CCC(NS(C)(=O)=O)C2)o1)NC1Cc2ccccc2C1. The lowest BCUT2D eigenvalue weighted by Gasteiger charge is -2.15. The highest BCUT2D eigenvalue weighted by Gasteiger charge is 2.29. The third-order valence-corrected chi connectivity index (χ3v) is 6.70. The van der Waals surface area contributed by atoms with Crippen LogP contribution < -0.4 is 10.0 Å². The van der Waals surface area contributed by atoms with Crippen molar-refractivity contribution in [2.24, 2.45) is 9.98 Å². The van der Waals surface area contributed by atoms with E-state index in [9.17, 15) is 13.2 Å². The number of allylic oxidation sites excluding steroid dienone is 1. The lowest BCUT2D eigenvalue weighted by atomic mass is 10.1. The van der Waals surface area contributed by atoms with E-state index in [1.165, 1.54) is 11.1 Å². The Balaban J connectivity index is 1.32. The predicted octanol–water partition coefficient (Wildman–Crippen LogP) is 0.937. The van der Waals surface area contributed by atoms with Crippen molar-refractivity contribution in [3.05, 3.63) is 53.4 Å². The van der Waals surface area contributed by atoms with Gasteiger partial charge < -0.3 is 14.6 Å². The van der Waals surface area contributed by atoms with Crippen molar-refractivity contribution in [2.45, 2.75) is 44.7 Å². The van der Waals surface area contributed by atoms with Gasteiger partial charge in [0, 0.05) is 36.9 Å². The van der Waals surface area contributed by atoms with E-state index in [2.05, 4.69) is 49.1 Å². The molecule has 1 unspecified atom stereocenters. The molecule has 11 nitrogen and oxygen atoms in total. The van der Waals surface area contributed by atoms with E-state index < -0.39 is 10.0 Å². The summed E-state index contributed by atoms with van der Waals surface area (Å²) in [6.45, 7) is 6.16. The van der Waals surface area contributed by atoms with E-state index in [1.54, 1.807) is 18.0 Å². The Hall–Kier alpha value is -3.38. The third kappa shape index (κ3) is 6.61. The van der Waals surface area contributed by atoms with Crippen LogP contribution in [0.5, 0.6) is 0 Å². The molecule has 1 aromatic carbocycles. The molecular formula is C23H29N7O4S. The summed E-state index contributed by atoms with van der Waals surface area (Å²) >= 11 is 0. The monoisotopic (exact) mass is 499 g/mol. The molecular weight excluding hydrogens is 470 g/mol. The number of hydrogen-bond donors (Lipinski definition) is 2. The Kier molecular flexibility index (Phi) is 7.41. The van der Waals surface area contributed by atoms with Crippen LogP contribution in [0.4, 0.5) is 0 Å². The number of nitrogens with zero attached hydrogens (tertiary/aromatic N) is 5. The van der Waals surface area contributed by atoms with Crippen LogP contribution in [0.2, 0.25) is 0 Å². The Labute approximate surface area is 204 Å². The molecule has 1 aliphatic heterocycles. The van der Waals surface area contributed by atoms with E-state index in [0.29, 0.717) is 31.0 Å². The highest BCUT2D eigenvalue weighted by atomic mass is 32.2. The number of carbonyl (C=O) groups is 1. The van der Waals surface area contributed by atoms with Gasteiger partial charge in [-0.3, -0.25) is 4.79 Å². The van der Waals surface area contributed by atoms with Crippen molar-refractivity contribution in [3.8, 4) is 0 Å². The zero-order valence-electron chi connectivity index (χ0n) is 19.8. The predicted molar refractivity (Wildman–Crippen MR) is 132 cm³/mol. The maximum Gasteiger partial charge on any atom is 0.245 e. The second kappa shape index (κ2) is 10.5.